The molecule has 2 aliphatic heterocycles. The summed E-state index contributed by atoms with van der Waals surface area (Å²) in [6, 6.07) is 0.899. The number of nitrogens with one attached hydrogen (secondary N) is 1. The summed E-state index contributed by atoms with van der Waals surface area (Å²) in [6.45, 7) is 7.34. The van der Waals surface area contributed by atoms with Crippen LogP contribution in [-0.2, 0) is 4.74 Å². The molecule has 0 aliphatic carbocycles. The van der Waals surface area contributed by atoms with Crippen LogP contribution in [0.15, 0.2) is 12.4 Å². The molecule has 3 heterocycles. The van der Waals surface area contributed by atoms with Gasteiger partial charge in [-0.2, -0.15) is 0 Å². The lowest BCUT2D eigenvalue weighted by atomic mass is 9.67. The number of aromatic nitrogens is 2. The minimum atomic E-state index is 0.399. The highest BCUT2D eigenvalue weighted by molar-refractivity contribution is 5.14. The van der Waals surface area contributed by atoms with Gasteiger partial charge in [-0.25, -0.2) is 4.98 Å². The Hall–Kier alpha value is -0.870. The van der Waals surface area contributed by atoms with Crippen molar-refractivity contribution in [3.63, 3.8) is 0 Å². The van der Waals surface area contributed by atoms with Gasteiger partial charge in [-0.15, -0.1) is 0 Å². The standard InChI is InChI=1S/C13H21N3O/c1-10(2)16-6-5-14-12(16)11-13(9-15-11)3-7-17-8-4-13/h5-6,10-11,15H,3-4,7-9H2,1-2H3. The molecule has 3 rings (SSSR count). The molecule has 1 aromatic heterocycles. The van der Waals surface area contributed by atoms with Gasteiger partial charge in [-0.05, 0) is 26.7 Å². The van der Waals surface area contributed by atoms with Crippen LogP contribution in [0.25, 0.3) is 0 Å². The Bertz CT molecular complexity index is 393. The molecule has 2 fully saturated rings. The molecular formula is C13H21N3O. The lowest BCUT2D eigenvalue weighted by molar-refractivity contribution is -0.0514. The first kappa shape index (κ1) is 11.2. The van der Waals surface area contributed by atoms with Gasteiger partial charge in [0.15, 0.2) is 0 Å². The minimum absolute atomic E-state index is 0.399. The van der Waals surface area contributed by atoms with E-state index in [1.54, 1.807) is 0 Å². The van der Waals surface area contributed by atoms with Gasteiger partial charge in [0.25, 0.3) is 0 Å². The summed E-state index contributed by atoms with van der Waals surface area (Å²) in [6.07, 6.45) is 6.33. The Kier molecular flexibility index (Phi) is 2.71. The van der Waals surface area contributed by atoms with Crippen molar-refractivity contribution in [2.75, 3.05) is 19.8 Å². The monoisotopic (exact) mass is 235 g/mol. The van der Waals surface area contributed by atoms with Gasteiger partial charge >= 0.3 is 0 Å². The summed E-state index contributed by atoms with van der Waals surface area (Å²) in [5, 5.41) is 3.56. The second kappa shape index (κ2) is 4.10. The Morgan fingerprint density at radius 2 is 2.24 bits per heavy atom. The molecule has 0 aromatic carbocycles. The van der Waals surface area contributed by atoms with E-state index in [0.717, 1.165) is 32.6 Å². The third-order valence-corrected chi connectivity index (χ3v) is 4.27. The Labute approximate surface area is 102 Å². The van der Waals surface area contributed by atoms with Crippen molar-refractivity contribution < 1.29 is 4.74 Å². The lowest BCUT2D eigenvalue weighted by Gasteiger charge is -2.52. The third kappa shape index (κ3) is 1.70. The summed E-state index contributed by atoms with van der Waals surface area (Å²) in [5.74, 6) is 1.20. The molecule has 1 spiro atoms. The van der Waals surface area contributed by atoms with E-state index >= 15 is 0 Å². The van der Waals surface area contributed by atoms with E-state index in [-0.39, 0.29) is 0 Å². The average molecular weight is 235 g/mol. The van der Waals surface area contributed by atoms with Gasteiger partial charge in [-0.3, -0.25) is 0 Å². The normalized spacial score (nSPS) is 27.4. The van der Waals surface area contributed by atoms with E-state index in [2.05, 4.69) is 34.9 Å². The zero-order valence-corrected chi connectivity index (χ0v) is 10.6. The fourth-order valence-corrected chi connectivity index (χ4v) is 3.09. The number of nitrogens with zero attached hydrogens (tertiary/aromatic N) is 2. The van der Waals surface area contributed by atoms with Gasteiger partial charge in [0.2, 0.25) is 0 Å². The zero-order chi connectivity index (χ0) is 11.9. The third-order valence-electron chi connectivity index (χ3n) is 4.27. The maximum Gasteiger partial charge on any atom is 0.126 e. The van der Waals surface area contributed by atoms with Crippen molar-refractivity contribution >= 4 is 0 Å². The summed E-state index contributed by atoms with van der Waals surface area (Å²) in [7, 11) is 0. The van der Waals surface area contributed by atoms with Gasteiger partial charge in [0.05, 0.1) is 6.04 Å². The van der Waals surface area contributed by atoms with E-state index < -0.39 is 0 Å². The highest BCUT2D eigenvalue weighted by Crippen LogP contribution is 2.48. The van der Waals surface area contributed by atoms with Crippen LogP contribution in [-0.4, -0.2) is 29.3 Å². The van der Waals surface area contributed by atoms with E-state index in [1.165, 1.54) is 5.82 Å². The number of imidazole rings is 1. The van der Waals surface area contributed by atoms with Gasteiger partial charge in [0, 0.05) is 43.6 Å². The van der Waals surface area contributed by atoms with E-state index in [9.17, 15) is 0 Å². The Morgan fingerprint density at radius 1 is 1.47 bits per heavy atom. The summed E-state index contributed by atoms with van der Waals surface area (Å²) < 4.78 is 7.77. The maximum atomic E-state index is 5.49. The Balaban J connectivity index is 1.86. The van der Waals surface area contributed by atoms with Crippen molar-refractivity contribution in [1.29, 1.82) is 0 Å². The number of rotatable bonds is 2. The van der Waals surface area contributed by atoms with E-state index in [4.69, 9.17) is 4.74 Å². The van der Waals surface area contributed by atoms with Gasteiger partial charge in [-0.1, -0.05) is 0 Å². The van der Waals surface area contributed by atoms with Gasteiger partial charge < -0.3 is 14.6 Å². The highest BCUT2D eigenvalue weighted by Gasteiger charge is 2.49. The van der Waals surface area contributed by atoms with Crippen LogP contribution in [0.1, 0.15) is 44.6 Å². The summed E-state index contributed by atoms with van der Waals surface area (Å²) in [5.41, 5.74) is 0.399. The molecule has 1 atom stereocenters. The van der Waals surface area contributed by atoms with Crippen molar-refractivity contribution in [3.8, 4) is 0 Å². The van der Waals surface area contributed by atoms with Crippen LogP contribution in [0.3, 0.4) is 0 Å². The molecule has 2 saturated heterocycles. The molecule has 1 unspecified atom stereocenters. The maximum absolute atomic E-state index is 5.49. The molecule has 2 aliphatic rings. The average Bonchev–Trinajstić information content (AvgIpc) is 2.77. The van der Waals surface area contributed by atoms with E-state index in [0.29, 0.717) is 17.5 Å². The van der Waals surface area contributed by atoms with E-state index in [1.807, 2.05) is 6.20 Å². The molecule has 1 aromatic rings. The lowest BCUT2D eigenvalue weighted by Crippen LogP contribution is -2.59. The smallest absolute Gasteiger partial charge is 0.126 e. The molecule has 4 nitrogen and oxygen atoms in total. The van der Waals surface area contributed by atoms with Crippen LogP contribution < -0.4 is 5.32 Å². The van der Waals surface area contributed by atoms with Crippen molar-refractivity contribution in [2.45, 2.75) is 38.8 Å². The topological polar surface area (TPSA) is 39.1 Å². The van der Waals surface area contributed by atoms with Crippen LogP contribution in [0.5, 0.6) is 0 Å². The van der Waals surface area contributed by atoms with Crippen LogP contribution >= 0.6 is 0 Å². The second-order valence-electron chi connectivity index (χ2n) is 5.58. The predicted octanol–water partition coefficient (Wildman–Crippen LogP) is 1.91. The molecule has 0 amide bonds. The fraction of sp³-hybridized carbons (Fsp3) is 0.769. The van der Waals surface area contributed by atoms with Crippen molar-refractivity contribution in [1.82, 2.24) is 14.9 Å². The minimum Gasteiger partial charge on any atom is -0.381 e. The predicted molar refractivity (Wildman–Crippen MR) is 65.8 cm³/mol. The van der Waals surface area contributed by atoms with Crippen molar-refractivity contribution in [3.05, 3.63) is 18.2 Å². The zero-order valence-electron chi connectivity index (χ0n) is 10.6. The highest BCUT2D eigenvalue weighted by atomic mass is 16.5. The largest absolute Gasteiger partial charge is 0.381 e. The van der Waals surface area contributed by atoms with Crippen LogP contribution in [0.2, 0.25) is 0 Å². The molecule has 1 N–H and O–H groups in total. The first-order valence-corrected chi connectivity index (χ1v) is 6.57. The molecule has 0 radical (unpaired) electrons. The summed E-state index contributed by atoms with van der Waals surface area (Å²) >= 11 is 0. The molecule has 0 bridgehead atoms. The first-order chi connectivity index (χ1) is 8.23. The van der Waals surface area contributed by atoms with Gasteiger partial charge in [0.1, 0.15) is 5.82 Å². The molecular weight excluding hydrogens is 214 g/mol. The number of hydrogen-bond donors (Lipinski definition) is 1. The van der Waals surface area contributed by atoms with Crippen molar-refractivity contribution in [2.24, 2.45) is 5.41 Å². The van der Waals surface area contributed by atoms with Crippen LogP contribution in [0.4, 0.5) is 0 Å². The number of hydrogen-bond acceptors (Lipinski definition) is 3. The SMILES string of the molecule is CC(C)n1ccnc1C1NCC12CCOCC2. The molecule has 17 heavy (non-hydrogen) atoms. The summed E-state index contributed by atoms with van der Waals surface area (Å²) in [4.78, 5) is 4.57. The first-order valence-electron chi connectivity index (χ1n) is 6.57. The Morgan fingerprint density at radius 3 is 2.82 bits per heavy atom. The molecule has 0 saturated carbocycles. The fourth-order valence-electron chi connectivity index (χ4n) is 3.09. The quantitative estimate of drug-likeness (QED) is 0.851. The van der Waals surface area contributed by atoms with Crippen LogP contribution in [0, 0.1) is 5.41 Å². The molecule has 4 heteroatoms. The molecule has 94 valence electrons. The second-order valence-corrected chi connectivity index (χ2v) is 5.58. The number of ether oxygens (including phenoxy) is 1.